The summed E-state index contributed by atoms with van der Waals surface area (Å²) in [6, 6.07) is 18.9. The molecule has 1 heterocycles. The fourth-order valence-electron chi connectivity index (χ4n) is 3.27. The number of rotatable bonds is 3. The number of hydrogen-bond donors (Lipinski definition) is 1. The van der Waals surface area contributed by atoms with Crippen molar-refractivity contribution >= 4 is 11.7 Å². The van der Waals surface area contributed by atoms with Crippen LogP contribution in [0, 0.1) is 0 Å². The number of ether oxygens (including phenoxy) is 1. The van der Waals surface area contributed by atoms with E-state index in [0.717, 1.165) is 16.7 Å². The van der Waals surface area contributed by atoms with Crippen molar-refractivity contribution in [2.45, 2.75) is 38.5 Å². The molecule has 4 nitrogen and oxygen atoms in total. The van der Waals surface area contributed by atoms with Crippen molar-refractivity contribution in [1.29, 1.82) is 0 Å². The van der Waals surface area contributed by atoms with Crippen LogP contribution >= 0.6 is 0 Å². The Balaban J connectivity index is 2.04. The number of carbonyl (C=O) groups excluding carboxylic acids is 1. The van der Waals surface area contributed by atoms with E-state index < -0.39 is 17.7 Å². The van der Waals surface area contributed by atoms with E-state index in [1.807, 2.05) is 81.4 Å². The standard InChI is InChI=1S/C22H25NO3/c1-22(2,3)26-21(25)23-19(17-12-8-5-9-13-17)14-18(20(23)15-24)16-10-6-4-7-11-16/h4-14,19-20,24H,15H2,1-3H3. The van der Waals surface area contributed by atoms with E-state index in [2.05, 4.69) is 6.08 Å². The van der Waals surface area contributed by atoms with Gasteiger partial charge in [-0.3, -0.25) is 4.90 Å². The first-order valence-electron chi connectivity index (χ1n) is 8.85. The lowest BCUT2D eigenvalue weighted by Crippen LogP contribution is -2.43. The van der Waals surface area contributed by atoms with E-state index in [1.54, 1.807) is 4.90 Å². The zero-order valence-electron chi connectivity index (χ0n) is 15.4. The predicted molar refractivity (Wildman–Crippen MR) is 103 cm³/mol. The number of benzene rings is 2. The summed E-state index contributed by atoms with van der Waals surface area (Å²) >= 11 is 0. The Morgan fingerprint density at radius 2 is 1.62 bits per heavy atom. The number of carbonyl (C=O) groups is 1. The van der Waals surface area contributed by atoms with Gasteiger partial charge < -0.3 is 9.84 Å². The highest BCUT2D eigenvalue weighted by molar-refractivity contribution is 5.81. The van der Waals surface area contributed by atoms with E-state index >= 15 is 0 Å². The van der Waals surface area contributed by atoms with Crippen LogP contribution in [0.1, 0.15) is 37.9 Å². The van der Waals surface area contributed by atoms with Gasteiger partial charge in [-0.05, 0) is 37.5 Å². The van der Waals surface area contributed by atoms with Crippen LogP contribution in [0.25, 0.3) is 5.57 Å². The van der Waals surface area contributed by atoms with Gasteiger partial charge in [-0.15, -0.1) is 0 Å². The molecule has 2 aromatic carbocycles. The van der Waals surface area contributed by atoms with Crippen LogP contribution in [0.4, 0.5) is 4.79 Å². The Morgan fingerprint density at radius 1 is 1.04 bits per heavy atom. The van der Waals surface area contributed by atoms with Crippen LogP contribution in [0.3, 0.4) is 0 Å². The molecular formula is C22H25NO3. The monoisotopic (exact) mass is 351 g/mol. The molecule has 0 saturated carbocycles. The molecule has 3 rings (SSSR count). The van der Waals surface area contributed by atoms with Gasteiger partial charge in [0.1, 0.15) is 5.60 Å². The molecule has 136 valence electrons. The number of aliphatic hydroxyl groups is 1. The number of nitrogens with zero attached hydrogens (tertiary/aromatic N) is 1. The number of hydrogen-bond acceptors (Lipinski definition) is 3. The Morgan fingerprint density at radius 3 is 2.15 bits per heavy atom. The molecule has 1 N–H and O–H groups in total. The number of amides is 1. The third-order valence-electron chi connectivity index (χ3n) is 4.36. The molecule has 2 atom stereocenters. The highest BCUT2D eigenvalue weighted by Gasteiger charge is 2.40. The van der Waals surface area contributed by atoms with Gasteiger partial charge >= 0.3 is 6.09 Å². The molecule has 2 unspecified atom stereocenters. The molecule has 0 bridgehead atoms. The van der Waals surface area contributed by atoms with E-state index in [-0.39, 0.29) is 12.6 Å². The normalized spacial score (nSPS) is 20.0. The third kappa shape index (κ3) is 3.81. The van der Waals surface area contributed by atoms with Gasteiger partial charge in [0.05, 0.1) is 18.7 Å². The van der Waals surface area contributed by atoms with Gasteiger partial charge in [-0.25, -0.2) is 4.79 Å². The summed E-state index contributed by atoms with van der Waals surface area (Å²) in [4.78, 5) is 14.6. The average Bonchev–Trinajstić information content (AvgIpc) is 3.01. The number of aliphatic hydroxyl groups excluding tert-OH is 1. The molecule has 1 aliphatic rings. The van der Waals surface area contributed by atoms with Gasteiger partial charge in [0.25, 0.3) is 0 Å². The minimum Gasteiger partial charge on any atom is -0.444 e. The molecule has 0 saturated heterocycles. The fourth-order valence-corrected chi connectivity index (χ4v) is 3.27. The van der Waals surface area contributed by atoms with E-state index in [0.29, 0.717) is 0 Å². The van der Waals surface area contributed by atoms with Crippen LogP contribution in [-0.2, 0) is 4.74 Å². The summed E-state index contributed by atoms with van der Waals surface area (Å²) in [5.41, 5.74) is 2.32. The smallest absolute Gasteiger partial charge is 0.411 e. The maximum absolute atomic E-state index is 13.0. The Kier molecular flexibility index (Phi) is 5.14. The van der Waals surface area contributed by atoms with Crippen molar-refractivity contribution < 1.29 is 14.6 Å². The maximum atomic E-state index is 13.0. The van der Waals surface area contributed by atoms with E-state index in [9.17, 15) is 9.90 Å². The van der Waals surface area contributed by atoms with Crippen molar-refractivity contribution in [2.75, 3.05) is 6.61 Å². The van der Waals surface area contributed by atoms with E-state index in [1.165, 1.54) is 0 Å². The average molecular weight is 351 g/mol. The van der Waals surface area contributed by atoms with Crippen LogP contribution in [0.5, 0.6) is 0 Å². The Bertz CT molecular complexity index is 778. The minimum atomic E-state index is -0.603. The van der Waals surface area contributed by atoms with Crippen LogP contribution in [0.2, 0.25) is 0 Å². The lowest BCUT2D eigenvalue weighted by Gasteiger charge is -2.33. The summed E-state index contributed by atoms with van der Waals surface area (Å²) in [6.07, 6.45) is 1.63. The topological polar surface area (TPSA) is 49.8 Å². The molecule has 4 heteroatoms. The second-order valence-corrected chi connectivity index (χ2v) is 7.43. The highest BCUT2D eigenvalue weighted by Crippen LogP contribution is 2.40. The van der Waals surface area contributed by atoms with Gasteiger partial charge in [-0.1, -0.05) is 66.7 Å². The zero-order chi connectivity index (χ0) is 18.7. The van der Waals surface area contributed by atoms with Crippen molar-refractivity contribution in [3.05, 3.63) is 77.9 Å². The lowest BCUT2D eigenvalue weighted by atomic mass is 10.00. The van der Waals surface area contributed by atoms with Gasteiger partial charge in [0.15, 0.2) is 0 Å². The zero-order valence-corrected chi connectivity index (χ0v) is 15.4. The lowest BCUT2D eigenvalue weighted by molar-refractivity contribution is 0.0121. The summed E-state index contributed by atoms with van der Waals surface area (Å²) in [7, 11) is 0. The second kappa shape index (κ2) is 7.34. The minimum absolute atomic E-state index is 0.163. The summed E-state index contributed by atoms with van der Waals surface area (Å²) in [5, 5.41) is 10.1. The fraction of sp³-hybridized carbons (Fsp3) is 0.318. The molecule has 0 aromatic heterocycles. The van der Waals surface area contributed by atoms with Crippen LogP contribution < -0.4 is 0 Å². The molecular weight excluding hydrogens is 326 g/mol. The summed E-state index contributed by atoms with van der Waals surface area (Å²) < 4.78 is 5.63. The maximum Gasteiger partial charge on any atom is 0.411 e. The second-order valence-electron chi connectivity index (χ2n) is 7.43. The van der Waals surface area contributed by atoms with Gasteiger partial charge in [-0.2, -0.15) is 0 Å². The molecule has 2 aromatic rings. The quantitative estimate of drug-likeness (QED) is 0.890. The van der Waals surface area contributed by atoms with Gasteiger partial charge in [0, 0.05) is 0 Å². The van der Waals surface area contributed by atoms with E-state index in [4.69, 9.17) is 4.74 Å². The third-order valence-corrected chi connectivity index (χ3v) is 4.36. The molecule has 1 amide bonds. The molecule has 26 heavy (non-hydrogen) atoms. The van der Waals surface area contributed by atoms with Crippen molar-refractivity contribution in [2.24, 2.45) is 0 Å². The first-order chi connectivity index (χ1) is 12.4. The first kappa shape index (κ1) is 18.2. The Hall–Kier alpha value is -2.59. The van der Waals surface area contributed by atoms with Crippen LogP contribution in [0.15, 0.2) is 66.7 Å². The first-order valence-corrected chi connectivity index (χ1v) is 8.85. The molecule has 0 aliphatic carbocycles. The van der Waals surface area contributed by atoms with Crippen molar-refractivity contribution in [1.82, 2.24) is 4.90 Å². The van der Waals surface area contributed by atoms with Crippen LogP contribution in [-0.4, -0.2) is 34.3 Å². The van der Waals surface area contributed by atoms with Gasteiger partial charge in [0.2, 0.25) is 0 Å². The molecule has 0 fully saturated rings. The molecule has 0 spiro atoms. The van der Waals surface area contributed by atoms with Crippen molar-refractivity contribution in [3.63, 3.8) is 0 Å². The van der Waals surface area contributed by atoms with Crippen molar-refractivity contribution in [3.8, 4) is 0 Å². The Labute approximate surface area is 154 Å². The highest BCUT2D eigenvalue weighted by atomic mass is 16.6. The largest absolute Gasteiger partial charge is 0.444 e. The SMILES string of the molecule is CC(C)(C)OC(=O)N1C(CO)C(c2ccccc2)=CC1c1ccccc1. The summed E-state index contributed by atoms with van der Waals surface area (Å²) in [5.74, 6) is 0. The molecule has 0 radical (unpaired) electrons. The molecule has 1 aliphatic heterocycles. The summed E-state index contributed by atoms with van der Waals surface area (Å²) in [6.45, 7) is 5.37. The predicted octanol–water partition coefficient (Wildman–Crippen LogP) is 4.42.